The van der Waals surface area contributed by atoms with Crippen molar-refractivity contribution in [1.29, 1.82) is 0 Å². The summed E-state index contributed by atoms with van der Waals surface area (Å²) in [6, 6.07) is 0.213. The van der Waals surface area contributed by atoms with Crippen molar-refractivity contribution in [2.45, 2.75) is 51.2 Å². The lowest BCUT2D eigenvalue weighted by Gasteiger charge is -2.31. The average Bonchev–Trinajstić information content (AvgIpc) is 2.04. The van der Waals surface area contributed by atoms with Gasteiger partial charge >= 0.3 is 0 Å². The van der Waals surface area contributed by atoms with E-state index in [9.17, 15) is 5.11 Å². The molecule has 0 amide bonds. The summed E-state index contributed by atoms with van der Waals surface area (Å²) >= 11 is 0. The SMILES string of the molecule is CCC(N)C1CCCCC1O. The molecule has 3 unspecified atom stereocenters. The predicted octanol–water partition coefficient (Wildman–Crippen LogP) is 1.27. The summed E-state index contributed by atoms with van der Waals surface area (Å²) in [6.07, 6.45) is 5.36. The molecule has 11 heavy (non-hydrogen) atoms. The van der Waals surface area contributed by atoms with E-state index >= 15 is 0 Å². The van der Waals surface area contributed by atoms with Crippen molar-refractivity contribution in [3.63, 3.8) is 0 Å². The molecule has 66 valence electrons. The molecule has 1 aliphatic rings. The molecule has 1 saturated carbocycles. The molecule has 0 aromatic rings. The molecule has 2 heteroatoms. The lowest BCUT2D eigenvalue weighted by atomic mass is 9.81. The molecule has 0 aliphatic heterocycles. The Hall–Kier alpha value is -0.0800. The zero-order valence-corrected chi connectivity index (χ0v) is 7.29. The lowest BCUT2D eigenvalue weighted by molar-refractivity contribution is 0.0553. The fourth-order valence-electron chi connectivity index (χ4n) is 1.94. The van der Waals surface area contributed by atoms with Crippen LogP contribution in [0.5, 0.6) is 0 Å². The second-order valence-electron chi connectivity index (χ2n) is 3.59. The van der Waals surface area contributed by atoms with Gasteiger partial charge in [-0.3, -0.25) is 0 Å². The largest absolute Gasteiger partial charge is 0.393 e. The van der Waals surface area contributed by atoms with Crippen LogP contribution in [0.15, 0.2) is 0 Å². The zero-order chi connectivity index (χ0) is 8.27. The second kappa shape index (κ2) is 4.07. The molecule has 0 spiro atoms. The Bertz CT molecular complexity index is 112. The number of hydrogen-bond donors (Lipinski definition) is 2. The van der Waals surface area contributed by atoms with Crippen LogP contribution in [-0.2, 0) is 0 Å². The Morgan fingerprint density at radius 2 is 2.09 bits per heavy atom. The molecule has 2 nitrogen and oxygen atoms in total. The van der Waals surface area contributed by atoms with Gasteiger partial charge in [0.2, 0.25) is 0 Å². The van der Waals surface area contributed by atoms with Crippen molar-refractivity contribution in [1.82, 2.24) is 0 Å². The van der Waals surface area contributed by atoms with Crippen molar-refractivity contribution in [2.24, 2.45) is 11.7 Å². The molecule has 1 fully saturated rings. The van der Waals surface area contributed by atoms with Gasteiger partial charge in [0, 0.05) is 6.04 Å². The van der Waals surface area contributed by atoms with Crippen molar-refractivity contribution >= 4 is 0 Å². The molecule has 3 N–H and O–H groups in total. The molecule has 0 heterocycles. The van der Waals surface area contributed by atoms with Gasteiger partial charge in [0.1, 0.15) is 0 Å². The Balaban J connectivity index is 2.40. The summed E-state index contributed by atoms with van der Waals surface area (Å²) in [5, 5.41) is 9.59. The molecule has 0 saturated heterocycles. The average molecular weight is 157 g/mol. The third-order valence-electron chi connectivity index (χ3n) is 2.80. The van der Waals surface area contributed by atoms with E-state index in [4.69, 9.17) is 5.73 Å². The summed E-state index contributed by atoms with van der Waals surface area (Å²) in [5.41, 5.74) is 5.88. The molecule has 0 aromatic heterocycles. The molecule has 0 aromatic carbocycles. The predicted molar refractivity (Wildman–Crippen MR) is 46.2 cm³/mol. The highest BCUT2D eigenvalue weighted by atomic mass is 16.3. The van der Waals surface area contributed by atoms with Crippen LogP contribution >= 0.6 is 0 Å². The van der Waals surface area contributed by atoms with E-state index in [1.807, 2.05) is 0 Å². The monoisotopic (exact) mass is 157 g/mol. The first-order valence-corrected chi connectivity index (χ1v) is 4.69. The summed E-state index contributed by atoms with van der Waals surface area (Å²) in [6.45, 7) is 2.09. The summed E-state index contributed by atoms with van der Waals surface area (Å²) in [4.78, 5) is 0. The van der Waals surface area contributed by atoms with E-state index in [1.54, 1.807) is 0 Å². The van der Waals surface area contributed by atoms with Crippen LogP contribution in [0.25, 0.3) is 0 Å². The van der Waals surface area contributed by atoms with E-state index in [0.717, 1.165) is 19.3 Å². The molecule has 0 radical (unpaired) electrons. The first-order valence-electron chi connectivity index (χ1n) is 4.69. The summed E-state index contributed by atoms with van der Waals surface area (Å²) < 4.78 is 0. The number of hydrogen-bond acceptors (Lipinski definition) is 2. The van der Waals surface area contributed by atoms with Gasteiger partial charge in [-0.25, -0.2) is 0 Å². The minimum atomic E-state index is -0.126. The van der Waals surface area contributed by atoms with E-state index in [-0.39, 0.29) is 12.1 Å². The maximum Gasteiger partial charge on any atom is 0.0583 e. The van der Waals surface area contributed by atoms with E-state index in [0.29, 0.717) is 5.92 Å². The van der Waals surface area contributed by atoms with Gasteiger partial charge in [-0.1, -0.05) is 19.8 Å². The van der Waals surface area contributed by atoms with Crippen molar-refractivity contribution < 1.29 is 5.11 Å². The van der Waals surface area contributed by atoms with E-state index in [2.05, 4.69) is 6.92 Å². The molecule has 0 bridgehead atoms. The molecule has 1 rings (SSSR count). The molecular formula is C9H19NO. The Morgan fingerprint density at radius 1 is 1.45 bits per heavy atom. The third-order valence-corrected chi connectivity index (χ3v) is 2.80. The van der Waals surface area contributed by atoms with Crippen LogP contribution in [0.4, 0.5) is 0 Å². The fourth-order valence-corrected chi connectivity index (χ4v) is 1.94. The quantitative estimate of drug-likeness (QED) is 0.634. The van der Waals surface area contributed by atoms with Crippen LogP contribution in [0.2, 0.25) is 0 Å². The van der Waals surface area contributed by atoms with Gasteiger partial charge in [-0.2, -0.15) is 0 Å². The molecule has 3 atom stereocenters. The summed E-state index contributed by atoms with van der Waals surface area (Å²) in [7, 11) is 0. The van der Waals surface area contributed by atoms with Crippen molar-refractivity contribution in [3.8, 4) is 0 Å². The van der Waals surface area contributed by atoms with Crippen molar-refractivity contribution in [3.05, 3.63) is 0 Å². The number of rotatable bonds is 2. The minimum absolute atomic E-state index is 0.126. The minimum Gasteiger partial charge on any atom is -0.393 e. The Kier molecular flexibility index (Phi) is 3.34. The highest BCUT2D eigenvalue weighted by Gasteiger charge is 2.26. The van der Waals surface area contributed by atoms with Crippen LogP contribution in [0, 0.1) is 5.92 Å². The zero-order valence-electron chi connectivity index (χ0n) is 7.29. The van der Waals surface area contributed by atoms with Crippen LogP contribution in [0.1, 0.15) is 39.0 Å². The first-order chi connectivity index (χ1) is 5.25. The van der Waals surface area contributed by atoms with Gasteiger partial charge in [0.15, 0.2) is 0 Å². The maximum atomic E-state index is 9.59. The second-order valence-corrected chi connectivity index (χ2v) is 3.59. The van der Waals surface area contributed by atoms with E-state index < -0.39 is 0 Å². The maximum absolute atomic E-state index is 9.59. The van der Waals surface area contributed by atoms with Crippen LogP contribution in [0.3, 0.4) is 0 Å². The van der Waals surface area contributed by atoms with Crippen LogP contribution in [-0.4, -0.2) is 17.3 Å². The standard InChI is InChI=1S/C9H19NO/c1-2-8(10)7-5-3-4-6-9(7)11/h7-9,11H,2-6,10H2,1H3. The van der Waals surface area contributed by atoms with Gasteiger partial charge in [0.25, 0.3) is 0 Å². The van der Waals surface area contributed by atoms with Gasteiger partial charge in [-0.15, -0.1) is 0 Å². The molecule has 1 aliphatic carbocycles. The highest BCUT2D eigenvalue weighted by Crippen LogP contribution is 2.27. The van der Waals surface area contributed by atoms with Gasteiger partial charge in [-0.05, 0) is 25.2 Å². The highest BCUT2D eigenvalue weighted by molar-refractivity contribution is 4.81. The Labute approximate surface area is 68.8 Å². The first kappa shape index (κ1) is 9.01. The van der Waals surface area contributed by atoms with Crippen molar-refractivity contribution in [2.75, 3.05) is 0 Å². The number of nitrogens with two attached hydrogens (primary N) is 1. The smallest absolute Gasteiger partial charge is 0.0583 e. The van der Waals surface area contributed by atoms with Gasteiger partial charge in [0.05, 0.1) is 6.10 Å². The summed E-state index contributed by atoms with van der Waals surface area (Å²) in [5.74, 6) is 0.369. The lowest BCUT2D eigenvalue weighted by Crippen LogP contribution is -2.39. The topological polar surface area (TPSA) is 46.2 Å². The molecular weight excluding hydrogens is 138 g/mol. The third kappa shape index (κ3) is 2.17. The van der Waals surface area contributed by atoms with Gasteiger partial charge < -0.3 is 10.8 Å². The van der Waals surface area contributed by atoms with E-state index in [1.165, 1.54) is 12.8 Å². The fraction of sp³-hybridized carbons (Fsp3) is 1.00. The van der Waals surface area contributed by atoms with Crippen LogP contribution < -0.4 is 5.73 Å². The normalized spacial score (nSPS) is 35.2. The number of aliphatic hydroxyl groups is 1. The number of aliphatic hydroxyl groups excluding tert-OH is 1. The Morgan fingerprint density at radius 3 is 2.64 bits per heavy atom.